The maximum Gasteiger partial charge on any atom is 0.210 e. The lowest BCUT2D eigenvalue weighted by molar-refractivity contribution is 0.849. The van der Waals surface area contributed by atoms with Crippen LogP contribution in [0.1, 0.15) is 5.69 Å². The number of fused-ring (bicyclic) bond motifs is 1. The lowest BCUT2D eigenvalue weighted by atomic mass is 10.2. The number of rotatable bonds is 4. The molecule has 5 nitrogen and oxygen atoms in total. The standard InChI is InChI=1S/C18H14ClN5S/c19-14-6-3-5-13(10-14)17-22-23-18(24(17)20)25-11-15-9-8-12-4-1-2-7-16(12)21-15/h1-10H,11,20H2. The van der Waals surface area contributed by atoms with Gasteiger partial charge in [0.15, 0.2) is 5.82 Å². The molecule has 2 aromatic carbocycles. The first-order valence-electron chi connectivity index (χ1n) is 7.64. The van der Waals surface area contributed by atoms with E-state index in [0.717, 1.165) is 22.2 Å². The number of hydrogen-bond donors (Lipinski definition) is 1. The molecule has 0 aliphatic heterocycles. The molecule has 0 aliphatic carbocycles. The van der Waals surface area contributed by atoms with Gasteiger partial charge in [-0.2, -0.15) is 0 Å². The Hall–Kier alpha value is -2.57. The molecule has 0 atom stereocenters. The summed E-state index contributed by atoms with van der Waals surface area (Å²) in [7, 11) is 0. The van der Waals surface area contributed by atoms with Crippen molar-refractivity contribution in [2.75, 3.05) is 5.84 Å². The van der Waals surface area contributed by atoms with Gasteiger partial charge in [0.2, 0.25) is 5.16 Å². The van der Waals surface area contributed by atoms with E-state index in [1.807, 2.05) is 54.6 Å². The molecule has 2 aromatic heterocycles. The summed E-state index contributed by atoms with van der Waals surface area (Å²) in [5.74, 6) is 7.39. The minimum absolute atomic E-state index is 0.580. The number of aromatic nitrogens is 4. The van der Waals surface area contributed by atoms with Gasteiger partial charge >= 0.3 is 0 Å². The number of nitrogens with zero attached hydrogens (tertiary/aromatic N) is 4. The lowest BCUT2D eigenvalue weighted by Crippen LogP contribution is -2.11. The van der Waals surface area contributed by atoms with Gasteiger partial charge in [-0.3, -0.25) is 4.98 Å². The van der Waals surface area contributed by atoms with Gasteiger partial charge in [0.25, 0.3) is 0 Å². The molecule has 0 amide bonds. The van der Waals surface area contributed by atoms with Crippen molar-refractivity contribution >= 4 is 34.3 Å². The van der Waals surface area contributed by atoms with Crippen LogP contribution in [0, 0.1) is 0 Å². The molecule has 0 spiro atoms. The average molecular weight is 368 g/mol. The first-order valence-corrected chi connectivity index (χ1v) is 9.01. The molecule has 25 heavy (non-hydrogen) atoms. The van der Waals surface area contributed by atoms with E-state index < -0.39 is 0 Å². The summed E-state index contributed by atoms with van der Waals surface area (Å²) < 4.78 is 1.48. The first-order chi connectivity index (χ1) is 12.2. The van der Waals surface area contributed by atoms with Crippen molar-refractivity contribution < 1.29 is 0 Å². The van der Waals surface area contributed by atoms with E-state index in [1.165, 1.54) is 16.4 Å². The minimum atomic E-state index is 0.580. The van der Waals surface area contributed by atoms with Crippen LogP contribution in [0.2, 0.25) is 5.02 Å². The highest BCUT2D eigenvalue weighted by atomic mass is 35.5. The first kappa shape index (κ1) is 15.9. The number of nitrogen functional groups attached to an aromatic ring is 1. The van der Waals surface area contributed by atoms with Crippen LogP contribution in [0.25, 0.3) is 22.3 Å². The number of nitrogens with two attached hydrogens (primary N) is 1. The third kappa shape index (κ3) is 3.31. The molecule has 0 fully saturated rings. The van der Waals surface area contributed by atoms with Crippen molar-refractivity contribution in [3.05, 3.63) is 71.4 Å². The van der Waals surface area contributed by atoms with E-state index in [0.29, 0.717) is 21.8 Å². The highest BCUT2D eigenvalue weighted by molar-refractivity contribution is 7.98. The highest BCUT2D eigenvalue weighted by Crippen LogP contribution is 2.25. The van der Waals surface area contributed by atoms with E-state index in [1.54, 1.807) is 0 Å². The summed E-state index contributed by atoms with van der Waals surface area (Å²) >= 11 is 7.53. The topological polar surface area (TPSA) is 69.6 Å². The zero-order valence-electron chi connectivity index (χ0n) is 13.1. The second kappa shape index (κ2) is 6.74. The Morgan fingerprint density at radius 1 is 1.00 bits per heavy atom. The molecular formula is C18H14ClN5S. The van der Waals surface area contributed by atoms with Gasteiger partial charge < -0.3 is 5.84 Å². The van der Waals surface area contributed by atoms with Crippen LogP contribution in [-0.2, 0) is 5.75 Å². The van der Waals surface area contributed by atoms with Crippen molar-refractivity contribution in [3.8, 4) is 11.4 Å². The Balaban J connectivity index is 1.55. The van der Waals surface area contributed by atoms with E-state index in [4.69, 9.17) is 17.4 Å². The van der Waals surface area contributed by atoms with Crippen LogP contribution in [0.15, 0.2) is 65.8 Å². The second-order valence-electron chi connectivity index (χ2n) is 5.47. The minimum Gasteiger partial charge on any atom is -0.335 e. The fraction of sp³-hybridized carbons (Fsp3) is 0.0556. The zero-order chi connectivity index (χ0) is 17.2. The van der Waals surface area contributed by atoms with Gasteiger partial charge in [-0.05, 0) is 24.3 Å². The third-order valence-electron chi connectivity index (χ3n) is 3.75. The fourth-order valence-electron chi connectivity index (χ4n) is 2.53. The maximum absolute atomic E-state index is 6.15. The lowest BCUT2D eigenvalue weighted by Gasteiger charge is -2.05. The quantitative estimate of drug-likeness (QED) is 0.433. The monoisotopic (exact) mass is 367 g/mol. The molecule has 0 radical (unpaired) electrons. The Kier molecular flexibility index (Phi) is 4.29. The molecule has 2 N–H and O–H groups in total. The van der Waals surface area contributed by atoms with Crippen LogP contribution in [0.5, 0.6) is 0 Å². The largest absolute Gasteiger partial charge is 0.335 e. The highest BCUT2D eigenvalue weighted by Gasteiger charge is 2.13. The molecule has 0 unspecified atom stereocenters. The SMILES string of the molecule is Nn1c(SCc2ccc3ccccc3n2)nnc1-c1cccc(Cl)c1. The van der Waals surface area contributed by atoms with Gasteiger partial charge in [-0.15, -0.1) is 10.2 Å². The van der Waals surface area contributed by atoms with Crippen LogP contribution in [0.3, 0.4) is 0 Å². The van der Waals surface area contributed by atoms with Gasteiger partial charge in [0.05, 0.1) is 11.2 Å². The van der Waals surface area contributed by atoms with E-state index in [2.05, 4.69) is 21.2 Å². The maximum atomic E-state index is 6.15. The summed E-state index contributed by atoms with van der Waals surface area (Å²) in [6.07, 6.45) is 0. The predicted molar refractivity (Wildman–Crippen MR) is 102 cm³/mol. The number of benzene rings is 2. The summed E-state index contributed by atoms with van der Waals surface area (Å²) in [5.41, 5.74) is 2.78. The Morgan fingerprint density at radius 2 is 1.88 bits per heavy atom. The number of pyridine rings is 1. The summed E-state index contributed by atoms with van der Waals surface area (Å²) in [5, 5.41) is 10.7. The van der Waals surface area contributed by atoms with E-state index in [-0.39, 0.29) is 0 Å². The average Bonchev–Trinajstić information content (AvgIpc) is 3.00. The van der Waals surface area contributed by atoms with Crippen LogP contribution >= 0.6 is 23.4 Å². The molecule has 0 saturated heterocycles. The van der Waals surface area contributed by atoms with Gasteiger partial charge in [0, 0.05) is 21.7 Å². The van der Waals surface area contributed by atoms with Gasteiger partial charge in [0.1, 0.15) is 0 Å². The summed E-state index contributed by atoms with van der Waals surface area (Å²) in [6.45, 7) is 0. The summed E-state index contributed by atoms with van der Waals surface area (Å²) in [6, 6.07) is 19.5. The van der Waals surface area contributed by atoms with Crippen molar-refractivity contribution in [2.45, 2.75) is 10.9 Å². The van der Waals surface area contributed by atoms with Crippen LogP contribution in [-0.4, -0.2) is 19.9 Å². The Labute approximate surface area is 153 Å². The summed E-state index contributed by atoms with van der Waals surface area (Å²) in [4.78, 5) is 4.66. The zero-order valence-corrected chi connectivity index (χ0v) is 14.7. The van der Waals surface area contributed by atoms with Crippen molar-refractivity contribution in [2.24, 2.45) is 0 Å². The molecule has 2 heterocycles. The molecule has 7 heteroatoms. The molecule has 0 saturated carbocycles. The van der Waals surface area contributed by atoms with Crippen molar-refractivity contribution in [1.29, 1.82) is 0 Å². The molecule has 0 aliphatic rings. The van der Waals surface area contributed by atoms with E-state index in [9.17, 15) is 0 Å². The second-order valence-corrected chi connectivity index (χ2v) is 6.85. The molecule has 4 aromatic rings. The third-order valence-corrected chi connectivity index (χ3v) is 4.96. The Bertz CT molecular complexity index is 1050. The Morgan fingerprint density at radius 3 is 2.76 bits per heavy atom. The van der Waals surface area contributed by atoms with Gasteiger partial charge in [-0.25, -0.2) is 4.68 Å². The van der Waals surface area contributed by atoms with Crippen LogP contribution < -0.4 is 5.84 Å². The molecular weight excluding hydrogens is 354 g/mol. The molecule has 0 bridgehead atoms. The van der Waals surface area contributed by atoms with Crippen molar-refractivity contribution in [1.82, 2.24) is 19.9 Å². The van der Waals surface area contributed by atoms with Gasteiger partial charge in [-0.1, -0.05) is 59.8 Å². The number of hydrogen-bond acceptors (Lipinski definition) is 5. The number of thioether (sulfide) groups is 1. The normalized spacial score (nSPS) is 11.1. The molecule has 4 rings (SSSR count). The van der Waals surface area contributed by atoms with Crippen molar-refractivity contribution in [3.63, 3.8) is 0 Å². The smallest absolute Gasteiger partial charge is 0.210 e. The number of para-hydroxylation sites is 1. The van der Waals surface area contributed by atoms with Crippen LogP contribution in [0.4, 0.5) is 0 Å². The predicted octanol–water partition coefficient (Wildman–Crippen LogP) is 4.15. The van der Waals surface area contributed by atoms with E-state index >= 15 is 0 Å². The fourth-order valence-corrected chi connectivity index (χ4v) is 3.48. The number of halogens is 1. The molecule has 124 valence electrons.